The van der Waals surface area contributed by atoms with Gasteiger partial charge in [-0.2, -0.15) is 0 Å². The summed E-state index contributed by atoms with van der Waals surface area (Å²) in [6.45, 7) is 2.06. The minimum atomic E-state index is -0.0284. The van der Waals surface area contributed by atoms with Crippen molar-refractivity contribution in [2.75, 3.05) is 0 Å². The second kappa shape index (κ2) is 3.27. The summed E-state index contributed by atoms with van der Waals surface area (Å²) in [5, 5.41) is 0. The third kappa shape index (κ3) is 1.43. The highest BCUT2D eigenvalue weighted by Crippen LogP contribution is 2.33. The van der Waals surface area contributed by atoms with Crippen LogP contribution in [0.4, 0.5) is 0 Å². The van der Waals surface area contributed by atoms with Gasteiger partial charge in [-0.05, 0) is 42.4 Å². The molecule has 0 spiro atoms. The van der Waals surface area contributed by atoms with Crippen LogP contribution >= 0.6 is 0 Å². The lowest BCUT2D eigenvalue weighted by atomic mass is 9.96. The fourth-order valence-electron chi connectivity index (χ4n) is 2.03. The molecule has 0 bridgehead atoms. The summed E-state index contributed by atoms with van der Waals surface area (Å²) in [6, 6.07) is 6.24. The molecule has 2 N–H and O–H groups in total. The third-order valence-electron chi connectivity index (χ3n) is 2.89. The number of allylic oxidation sites excluding steroid dienone is 1. The van der Waals surface area contributed by atoms with Gasteiger partial charge in [0.05, 0.1) is 0 Å². The van der Waals surface area contributed by atoms with Crippen LogP contribution in [0.3, 0.4) is 0 Å². The smallest absolute Gasteiger partial charge is 0.144 e. The van der Waals surface area contributed by atoms with Crippen LogP contribution in [-0.4, -0.2) is 6.10 Å². The number of hydrogen-bond acceptors (Lipinski definition) is 2. The number of fused-ring (bicyclic) bond motifs is 2. The maximum Gasteiger partial charge on any atom is 0.144 e. The number of benzene rings is 1. The summed E-state index contributed by atoms with van der Waals surface area (Å²) < 4.78 is 5.91. The maximum absolute atomic E-state index is 5.91. The zero-order chi connectivity index (χ0) is 11.1. The van der Waals surface area contributed by atoms with E-state index in [9.17, 15) is 0 Å². The lowest BCUT2D eigenvalue weighted by molar-refractivity contribution is 0.282. The average molecular weight is 211 g/mol. The van der Waals surface area contributed by atoms with Gasteiger partial charge < -0.3 is 10.5 Å². The number of ether oxygens (including phenoxy) is 1. The molecule has 0 saturated heterocycles. The Kier molecular flexibility index (Phi) is 1.90. The van der Waals surface area contributed by atoms with Crippen LogP contribution in [0.5, 0.6) is 5.75 Å². The first-order chi connectivity index (χ1) is 7.72. The Labute approximate surface area is 94.7 Å². The number of nitrogens with two attached hydrogens (primary N) is 1. The topological polar surface area (TPSA) is 35.2 Å². The Morgan fingerprint density at radius 3 is 3.00 bits per heavy atom. The van der Waals surface area contributed by atoms with Crippen LogP contribution in [0, 0.1) is 6.92 Å². The first-order valence-corrected chi connectivity index (χ1v) is 5.37. The molecule has 2 nitrogen and oxygen atoms in total. The molecule has 0 fully saturated rings. The predicted molar refractivity (Wildman–Crippen MR) is 65.0 cm³/mol. The van der Waals surface area contributed by atoms with Crippen LogP contribution in [0.2, 0.25) is 0 Å². The fraction of sp³-hybridized carbons (Fsp3) is 0.143. The molecule has 16 heavy (non-hydrogen) atoms. The Bertz CT molecular complexity index is 538. The van der Waals surface area contributed by atoms with E-state index in [1.807, 2.05) is 18.2 Å². The lowest BCUT2D eigenvalue weighted by Crippen LogP contribution is -2.23. The van der Waals surface area contributed by atoms with Crippen molar-refractivity contribution in [1.29, 1.82) is 0 Å². The Morgan fingerprint density at radius 1 is 1.25 bits per heavy atom. The third-order valence-corrected chi connectivity index (χ3v) is 2.89. The average Bonchev–Trinajstić information content (AvgIpc) is 2.26. The van der Waals surface area contributed by atoms with Crippen molar-refractivity contribution < 1.29 is 4.74 Å². The summed E-state index contributed by atoms with van der Waals surface area (Å²) >= 11 is 0. The Balaban J connectivity index is 2.09. The van der Waals surface area contributed by atoms with E-state index in [-0.39, 0.29) is 6.10 Å². The monoisotopic (exact) mass is 211 g/mol. The fourth-order valence-corrected chi connectivity index (χ4v) is 2.03. The molecule has 2 heteroatoms. The van der Waals surface area contributed by atoms with Gasteiger partial charge in [-0.3, -0.25) is 0 Å². The van der Waals surface area contributed by atoms with Crippen LogP contribution in [0.15, 0.2) is 47.7 Å². The first-order valence-electron chi connectivity index (χ1n) is 5.37. The number of rotatable bonds is 0. The molecule has 2 aliphatic rings. The highest BCUT2D eigenvalue weighted by Gasteiger charge is 2.21. The van der Waals surface area contributed by atoms with E-state index in [0.29, 0.717) is 0 Å². The largest absolute Gasteiger partial charge is 0.481 e. The quantitative estimate of drug-likeness (QED) is 0.715. The zero-order valence-corrected chi connectivity index (χ0v) is 9.10. The molecule has 1 aromatic rings. The Morgan fingerprint density at radius 2 is 2.12 bits per heavy atom. The van der Waals surface area contributed by atoms with Gasteiger partial charge in [0.15, 0.2) is 0 Å². The molecule has 0 saturated carbocycles. The van der Waals surface area contributed by atoms with Gasteiger partial charge >= 0.3 is 0 Å². The van der Waals surface area contributed by atoms with Crippen molar-refractivity contribution in [3.05, 3.63) is 58.8 Å². The minimum absolute atomic E-state index is 0.0284. The molecule has 1 heterocycles. The van der Waals surface area contributed by atoms with E-state index >= 15 is 0 Å². The SMILES string of the molecule is Cc1ccc2c(c1)OC1C=C(N)C=CC1=C2. The molecule has 0 amide bonds. The molecule has 0 aromatic heterocycles. The lowest BCUT2D eigenvalue weighted by Gasteiger charge is -2.26. The van der Waals surface area contributed by atoms with E-state index in [2.05, 4.69) is 31.2 Å². The van der Waals surface area contributed by atoms with Crippen molar-refractivity contribution in [3.8, 4) is 5.75 Å². The second-order valence-electron chi connectivity index (χ2n) is 4.22. The molecule has 1 aliphatic heterocycles. The molecular weight excluding hydrogens is 198 g/mol. The molecule has 1 aliphatic carbocycles. The standard InChI is InChI=1S/C14H13NO/c1-9-2-3-10-7-11-4-5-12(15)8-14(11)16-13(10)6-9/h2-8,14H,15H2,1H3. The van der Waals surface area contributed by atoms with Crippen LogP contribution in [-0.2, 0) is 0 Å². The Hall–Kier alpha value is -1.96. The maximum atomic E-state index is 5.91. The molecule has 1 unspecified atom stereocenters. The van der Waals surface area contributed by atoms with E-state index in [4.69, 9.17) is 10.5 Å². The van der Waals surface area contributed by atoms with E-state index in [1.54, 1.807) is 0 Å². The van der Waals surface area contributed by atoms with Crippen LogP contribution in [0.25, 0.3) is 6.08 Å². The van der Waals surface area contributed by atoms with Crippen LogP contribution in [0.1, 0.15) is 11.1 Å². The van der Waals surface area contributed by atoms with Gasteiger partial charge in [0.25, 0.3) is 0 Å². The summed E-state index contributed by atoms with van der Waals surface area (Å²) in [4.78, 5) is 0. The summed E-state index contributed by atoms with van der Waals surface area (Å²) in [5.41, 5.74) is 10.0. The molecule has 1 atom stereocenters. The van der Waals surface area contributed by atoms with E-state index < -0.39 is 0 Å². The van der Waals surface area contributed by atoms with E-state index in [0.717, 1.165) is 22.6 Å². The zero-order valence-electron chi connectivity index (χ0n) is 9.10. The van der Waals surface area contributed by atoms with Crippen molar-refractivity contribution in [2.45, 2.75) is 13.0 Å². The second-order valence-corrected chi connectivity index (χ2v) is 4.22. The first kappa shape index (κ1) is 9.28. The van der Waals surface area contributed by atoms with Gasteiger partial charge in [0.1, 0.15) is 11.9 Å². The van der Waals surface area contributed by atoms with Gasteiger partial charge in [-0.15, -0.1) is 0 Å². The molecular formula is C14H13NO. The van der Waals surface area contributed by atoms with Crippen molar-refractivity contribution in [3.63, 3.8) is 0 Å². The summed E-state index contributed by atoms with van der Waals surface area (Å²) in [7, 11) is 0. The van der Waals surface area contributed by atoms with Gasteiger partial charge in [0.2, 0.25) is 0 Å². The molecule has 3 rings (SSSR count). The highest BCUT2D eigenvalue weighted by molar-refractivity contribution is 5.67. The predicted octanol–water partition coefficient (Wildman–Crippen LogP) is 2.55. The molecule has 80 valence electrons. The normalized spacial score (nSPS) is 21.4. The van der Waals surface area contributed by atoms with E-state index in [1.165, 1.54) is 5.56 Å². The number of hydrogen-bond donors (Lipinski definition) is 1. The highest BCUT2D eigenvalue weighted by atomic mass is 16.5. The molecule has 0 radical (unpaired) electrons. The minimum Gasteiger partial charge on any atom is -0.481 e. The summed E-state index contributed by atoms with van der Waals surface area (Å²) in [6.07, 6.45) is 7.99. The van der Waals surface area contributed by atoms with Crippen molar-refractivity contribution in [1.82, 2.24) is 0 Å². The van der Waals surface area contributed by atoms with Gasteiger partial charge in [-0.25, -0.2) is 0 Å². The molecule has 1 aromatic carbocycles. The number of aryl methyl sites for hydroxylation is 1. The van der Waals surface area contributed by atoms with Crippen LogP contribution < -0.4 is 10.5 Å². The van der Waals surface area contributed by atoms with Crippen molar-refractivity contribution >= 4 is 6.08 Å². The summed E-state index contributed by atoms with van der Waals surface area (Å²) in [5.74, 6) is 0.938. The van der Waals surface area contributed by atoms with Crippen molar-refractivity contribution in [2.24, 2.45) is 5.73 Å². The van der Waals surface area contributed by atoms with Gasteiger partial charge in [0, 0.05) is 11.3 Å². The van der Waals surface area contributed by atoms with Gasteiger partial charge in [-0.1, -0.05) is 18.2 Å².